The lowest BCUT2D eigenvalue weighted by Gasteiger charge is -2.33. The summed E-state index contributed by atoms with van der Waals surface area (Å²) in [7, 11) is 0. The zero-order valence-electron chi connectivity index (χ0n) is 11.9. The summed E-state index contributed by atoms with van der Waals surface area (Å²) in [4.78, 5) is 4.38. The van der Waals surface area contributed by atoms with E-state index >= 15 is 0 Å². The number of nitrogens with zero attached hydrogens (tertiary/aromatic N) is 3. The van der Waals surface area contributed by atoms with Crippen LogP contribution in [0.4, 0.5) is 0 Å². The molecule has 2 rings (SSSR count). The highest BCUT2D eigenvalue weighted by atomic mass is 15.3. The highest BCUT2D eigenvalue weighted by Crippen LogP contribution is 2.31. The lowest BCUT2D eigenvalue weighted by atomic mass is 9.79. The third kappa shape index (κ3) is 2.99. The number of aromatic nitrogens is 3. The van der Waals surface area contributed by atoms with Crippen molar-refractivity contribution in [3.05, 3.63) is 17.7 Å². The average Bonchev–Trinajstić information content (AvgIpc) is 2.68. The van der Waals surface area contributed by atoms with E-state index in [1.807, 2.05) is 4.68 Å². The number of hydrogen-bond acceptors (Lipinski definition) is 3. The van der Waals surface area contributed by atoms with Crippen LogP contribution in [0.3, 0.4) is 0 Å². The van der Waals surface area contributed by atoms with E-state index in [0.717, 1.165) is 31.9 Å². The summed E-state index contributed by atoms with van der Waals surface area (Å²) in [5.41, 5.74) is 1.69. The number of nitrogens with one attached hydrogen (secondary N) is 1. The van der Waals surface area contributed by atoms with Crippen LogP contribution in [0.5, 0.6) is 0 Å². The standard InChI is InChI=1S/C14H24N4/c1-11(2)8-18-13(16-10-17-18)7-12-5-6-15-9-14(12,3)4/h7,10-11,15H,5-6,8-9H2,1-4H3/b12-7-. The fraction of sp³-hybridized carbons (Fsp3) is 0.714. The zero-order chi connectivity index (χ0) is 13.2. The summed E-state index contributed by atoms with van der Waals surface area (Å²) in [6.45, 7) is 12.0. The molecule has 4 heteroatoms. The van der Waals surface area contributed by atoms with Crippen LogP contribution in [0.2, 0.25) is 0 Å². The molecule has 0 spiro atoms. The monoisotopic (exact) mass is 248 g/mol. The maximum atomic E-state index is 4.38. The summed E-state index contributed by atoms with van der Waals surface area (Å²) in [6, 6.07) is 0. The van der Waals surface area contributed by atoms with E-state index in [4.69, 9.17) is 0 Å². The van der Waals surface area contributed by atoms with Gasteiger partial charge < -0.3 is 5.32 Å². The summed E-state index contributed by atoms with van der Waals surface area (Å²) < 4.78 is 2.01. The molecular weight excluding hydrogens is 224 g/mol. The highest BCUT2D eigenvalue weighted by Gasteiger charge is 2.26. The van der Waals surface area contributed by atoms with Crippen LogP contribution >= 0.6 is 0 Å². The van der Waals surface area contributed by atoms with Crippen LogP contribution in [0, 0.1) is 11.3 Å². The Morgan fingerprint density at radius 2 is 2.28 bits per heavy atom. The lowest BCUT2D eigenvalue weighted by Crippen LogP contribution is -2.37. The Balaban J connectivity index is 2.24. The van der Waals surface area contributed by atoms with Gasteiger partial charge in [0.25, 0.3) is 0 Å². The summed E-state index contributed by atoms with van der Waals surface area (Å²) in [6.07, 6.45) is 4.99. The Hall–Kier alpha value is -1.16. The van der Waals surface area contributed by atoms with Gasteiger partial charge in [-0.1, -0.05) is 33.3 Å². The van der Waals surface area contributed by atoms with Gasteiger partial charge in [0.15, 0.2) is 5.82 Å². The summed E-state index contributed by atoms with van der Waals surface area (Å²) in [5.74, 6) is 1.58. The fourth-order valence-corrected chi connectivity index (χ4v) is 2.37. The molecule has 0 amide bonds. The van der Waals surface area contributed by atoms with Crippen molar-refractivity contribution >= 4 is 6.08 Å². The molecule has 0 unspecified atom stereocenters. The maximum absolute atomic E-state index is 4.38. The molecule has 0 atom stereocenters. The first-order valence-corrected chi connectivity index (χ1v) is 6.78. The third-order valence-electron chi connectivity index (χ3n) is 3.49. The largest absolute Gasteiger partial charge is 0.316 e. The molecular formula is C14H24N4. The predicted molar refractivity (Wildman–Crippen MR) is 74.1 cm³/mol. The van der Waals surface area contributed by atoms with Crippen LogP contribution in [0.15, 0.2) is 11.9 Å². The number of rotatable bonds is 3. The maximum Gasteiger partial charge on any atom is 0.150 e. The molecule has 1 N–H and O–H groups in total. The number of piperidine rings is 1. The second-order valence-corrected chi connectivity index (χ2v) is 6.17. The molecule has 1 aliphatic rings. The van der Waals surface area contributed by atoms with Gasteiger partial charge in [-0.15, -0.1) is 0 Å². The van der Waals surface area contributed by atoms with E-state index in [1.54, 1.807) is 6.33 Å². The molecule has 0 radical (unpaired) electrons. The molecule has 0 saturated carbocycles. The van der Waals surface area contributed by atoms with Crippen LogP contribution < -0.4 is 5.32 Å². The van der Waals surface area contributed by atoms with Crippen LogP contribution in [-0.4, -0.2) is 27.9 Å². The molecule has 1 saturated heterocycles. The van der Waals surface area contributed by atoms with Gasteiger partial charge in [0.05, 0.1) is 0 Å². The van der Waals surface area contributed by atoms with Gasteiger partial charge in [-0.05, 0) is 30.4 Å². The minimum Gasteiger partial charge on any atom is -0.316 e. The highest BCUT2D eigenvalue weighted by molar-refractivity contribution is 5.48. The van der Waals surface area contributed by atoms with Crippen molar-refractivity contribution in [2.24, 2.45) is 11.3 Å². The topological polar surface area (TPSA) is 42.7 Å². The second-order valence-electron chi connectivity index (χ2n) is 6.17. The summed E-state index contributed by atoms with van der Waals surface area (Å²) in [5, 5.41) is 7.76. The van der Waals surface area contributed by atoms with Crippen molar-refractivity contribution in [2.45, 2.75) is 40.7 Å². The first-order chi connectivity index (χ1) is 8.49. The number of hydrogen-bond donors (Lipinski definition) is 1. The molecule has 2 heterocycles. The average molecular weight is 248 g/mol. The van der Waals surface area contributed by atoms with Gasteiger partial charge in [0.2, 0.25) is 0 Å². The van der Waals surface area contributed by atoms with Gasteiger partial charge in [0, 0.05) is 13.1 Å². The van der Waals surface area contributed by atoms with Gasteiger partial charge in [0.1, 0.15) is 6.33 Å². The predicted octanol–water partition coefficient (Wildman–Crippen LogP) is 2.34. The Bertz CT molecular complexity index is 429. The second kappa shape index (κ2) is 5.22. The molecule has 1 aromatic heterocycles. The quantitative estimate of drug-likeness (QED) is 0.893. The molecule has 18 heavy (non-hydrogen) atoms. The normalized spacial score (nSPS) is 21.7. The van der Waals surface area contributed by atoms with Crippen molar-refractivity contribution in [1.29, 1.82) is 0 Å². The Morgan fingerprint density at radius 3 is 2.94 bits per heavy atom. The van der Waals surface area contributed by atoms with Crippen LogP contribution in [0.1, 0.15) is 39.9 Å². The fourth-order valence-electron chi connectivity index (χ4n) is 2.37. The molecule has 0 aliphatic carbocycles. The van der Waals surface area contributed by atoms with Crippen molar-refractivity contribution in [3.63, 3.8) is 0 Å². The first-order valence-electron chi connectivity index (χ1n) is 6.78. The van der Waals surface area contributed by atoms with Crippen molar-refractivity contribution < 1.29 is 0 Å². The van der Waals surface area contributed by atoms with E-state index in [1.165, 1.54) is 5.57 Å². The van der Waals surface area contributed by atoms with Gasteiger partial charge in [-0.3, -0.25) is 0 Å². The molecule has 0 aromatic carbocycles. The Labute approximate surface area is 109 Å². The van der Waals surface area contributed by atoms with Crippen molar-refractivity contribution in [3.8, 4) is 0 Å². The van der Waals surface area contributed by atoms with Gasteiger partial charge in [-0.2, -0.15) is 5.10 Å². The van der Waals surface area contributed by atoms with E-state index in [9.17, 15) is 0 Å². The van der Waals surface area contributed by atoms with E-state index in [0.29, 0.717) is 5.92 Å². The molecule has 1 aliphatic heterocycles. The van der Waals surface area contributed by atoms with Crippen LogP contribution in [0.25, 0.3) is 6.08 Å². The van der Waals surface area contributed by atoms with E-state index < -0.39 is 0 Å². The van der Waals surface area contributed by atoms with Crippen LogP contribution in [-0.2, 0) is 6.54 Å². The smallest absolute Gasteiger partial charge is 0.150 e. The molecule has 1 aromatic rings. The van der Waals surface area contributed by atoms with Crippen molar-refractivity contribution in [2.75, 3.05) is 13.1 Å². The summed E-state index contributed by atoms with van der Waals surface area (Å²) >= 11 is 0. The Morgan fingerprint density at radius 1 is 1.50 bits per heavy atom. The third-order valence-corrected chi connectivity index (χ3v) is 3.49. The zero-order valence-corrected chi connectivity index (χ0v) is 11.9. The minimum atomic E-state index is 0.215. The van der Waals surface area contributed by atoms with E-state index in [2.05, 4.69) is 49.2 Å². The van der Waals surface area contributed by atoms with Crippen molar-refractivity contribution in [1.82, 2.24) is 20.1 Å². The minimum absolute atomic E-state index is 0.215. The molecule has 0 bridgehead atoms. The lowest BCUT2D eigenvalue weighted by molar-refractivity contribution is 0.360. The van der Waals surface area contributed by atoms with Gasteiger partial charge >= 0.3 is 0 Å². The molecule has 4 nitrogen and oxygen atoms in total. The molecule has 100 valence electrons. The van der Waals surface area contributed by atoms with E-state index in [-0.39, 0.29) is 5.41 Å². The Kier molecular flexibility index (Phi) is 3.85. The molecule has 1 fully saturated rings. The van der Waals surface area contributed by atoms with Gasteiger partial charge in [-0.25, -0.2) is 9.67 Å². The first kappa shape index (κ1) is 13.3. The SMILES string of the molecule is CC(C)Cn1ncnc1/C=C1/CCNCC1(C)C.